The summed E-state index contributed by atoms with van der Waals surface area (Å²) < 4.78 is 102. The number of hydrogen-bond donors (Lipinski definition) is 0. The fourth-order valence-corrected chi connectivity index (χ4v) is 5.44. The summed E-state index contributed by atoms with van der Waals surface area (Å²) in [5.74, 6) is -1.43. The lowest BCUT2D eigenvalue weighted by molar-refractivity contribution is -0.141. The lowest BCUT2D eigenvalue weighted by Gasteiger charge is -2.39. The van der Waals surface area contributed by atoms with Crippen LogP contribution >= 0.6 is 0 Å². The largest absolute Gasteiger partial charge is 0.435 e. The van der Waals surface area contributed by atoms with Gasteiger partial charge < -0.3 is 0 Å². The number of carbonyl (C=O) groups is 1. The Morgan fingerprint density at radius 2 is 1.64 bits per heavy atom. The van der Waals surface area contributed by atoms with Gasteiger partial charge in [0.05, 0.1) is 15.2 Å². The highest BCUT2D eigenvalue weighted by Gasteiger charge is 2.46. The van der Waals surface area contributed by atoms with Crippen LogP contribution in [-0.4, -0.2) is 35.8 Å². The van der Waals surface area contributed by atoms with Crippen molar-refractivity contribution < 1.29 is 39.6 Å². The normalized spacial score (nSPS) is 18.5. The van der Waals surface area contributed by atoms with Gasteiger partial charge in [0.25, 0.3) is 0 Å². The smallest absolute Gasteiger partial charge is 0.295 e. The van der Waals surface area contributed by atoms with Crippen LogP contribution in [0.5, 0.6) is 0 Å². The lowest BCUT2D eigenvalue weighted by atomic mass is 9.85. The molecule has 0 bridgehead atoms. The standard InChI is InChI=1S/C20H19F6N3O3S/c1-18(2,33(31,32)14-5-3-4-13(10-14)19(21,22)23)12-8-9-29(17(30)11-12)16-7-6-15(27-28-16)20(24,25)26/h3-7,10,12H,8-9,11H2,1-2H3/t12-/m0/s1. The molecule has 0 radical (unpaired) electrons. The molecular formula is C20H19F6N3O3S. The average Bonchev–Trinajstić information content (AvgIpc) is 2.72. The summed E-state index contributed by atoms with van der Waals surface area (Å²) in [7, 11) is -4.27. The average molecular weight is 495 g/mol. The van der Waals surface area contributed by atoms with Gasteiger partial charge in [-0.2, -0.15) is 26.3 Å². The van der Waals surface area contributed by atoms with Crippen LogP contribution in [0.4, 0.5) is 32.2 Å². The molecule has 0 N–H and O–H groups in total. The molecule has 1 aromatic heterocycles. The molecule has 1 fully saturated rings. The maximum Gasteiger partial charge on any atom is 0.435 e. The number of piperidine rings is 1. The Morgan fingerprint density at radius 1 is 0.970 bits per heavy atom. The van der Waals surface area contributed by atoms with Crippen molar-refractivity contribution in [3.8, 4) is 0 Å². The first-order valence-corrected chi connectivity index (χ1v) is 11.2. The number of hydrogen-bond acceptors (Lipinski definition) is 5. The quantitative estimate of drug-likeness (QED) is 0.584. The Kier molecular flexibility index (Phi) is 6.24. The van der Waals surface area contributed by atoms with Crippen molar-refractivity contribution in [1.29, 1.82) is 0 Å². The fourth-order valence-electron chi connectivity index (χ4n) is 3.65. The van der Waals surface area contributed by atoms with E-state index in [1.807, 2.05) is 0 Å². The molecule has 13 heteroatoms. The number of alkyl halides is 6. The second kappa shape index (κ2) is 8.26. The maximum absolute atomic E-state index is 13.2. The van der Waals surface area contributed by atoms with E-state index in [1.54, 1.807) is 0 Å². The summed E-state index contributed by atoms with van der Waals surface area (Å²) in [6, 6.07) is 5.08. The minimum absolute atomic E-state index is 0.0366. The van der Waals surface area contributed by atoms with Crippen molar-refractivity contribution in [2.75, 3.05) is 11.4 Å². The molecule has 33 heavy (non-hydrogen) atoms. The fraction of sp³-hybridized carbons (Fsp3) is 0.450. The Bertz CT molecular complexity index is 1140. The zero-order chi connectivity index (χ0) is 24.8. The van der Waals surface area contributed by atoms with Crippen LogP contribution in [0.3, 0.4) is 0 Å². The number of aromatic nitrogens is 2. The van der Waals surface area contributed by atoms with Crippen LogP contribution in [0.25, 0.3) is 0 Å². The molecule has 0 spiro atoms. The van der Waals surface area contributed by atoms with Gasteiger partial charge in [-0.3, -0.25) is 9.69 Å². The van der Waals surface area contributed by atoms with E-state index in [0.29, 0.717) is 12.1 Å². The summed E-state index contributed by atoms with van der Waals surface area (Å²) >= 11 is 0. The maximum atomic E-state index is 13.2. The zero-order valence-electron chi connectivity index (χ0n) is 17.4. The number of halogens is 6. The topological polar surface area (TPSA) is 80.2 Å². The highest BCUT2D eigenvalue weighted by Crippen LogP contribution is 2.40. The number of sulfone groups is 1. The second-order valence-electron chi connectivity index (χ2n) is 8.14. The molecule has 1 atom stereocenters. The van der Waals surface area contributed by atoms with E-state index in [0.717, 1.165) is 29.2 Å². The van der Waals surface area contributed by atoms with Gasteiger partial charge in [0, 0.05) is 13.0 Å². The number of anilines is 1. The van der Waals surface area contributed by atoms with Crippen molar-refractivity contribution >= 4 is 21.6 Å². The predicted molar refractivity (Wildman–Crippen MR) is 105 cm³/mol. The van der Waals surface area contributed by atoms with Crippen molar-refractivity contribution in [3.05, 3.63) is 47.7 Å². The number of nitrogens with zero attached hydrogens (tertiary/aromatic N) is 3. The third kappa shape index (κ3) is 4.82. The molecule has 180 valence electrons. The van der Waals surface area contributed by atoms with Crippen LogP contribution in [0.1, 0.15) is 37.9 Å². The van der Waals surface area contributed by atoms with Gasteiger partial charge in [0.1, 0.15) is 0 Å². The molecule has 1 aromatic carbocycles. The van der Waals surface area contributed by atoms with Crippen LogP contribution in [-0.2, 0) is 27.0 Å². The molecule has 6 nitrogen and oxygen atoms in total. The zero-order valence-corrected chi connectivity index (χ0v) is 18.2. The molecule has 2 aromatic rings. The van der Waals surface area contributed by atoms with Crippen molar-refractivity contribution in [2.24, 2.45) is 5.92 Å². The monoisotopic (exact) mass is 495 g/mol. The Balaban J connectivity index is 1.82. The van der Waals surface area contributed by atoms with Gasteiger partial charge in [-0.1, -0.05) is 6.07 Å². The van der Waals surface area contributed by atoms with Gasteiger partial charge in [-0.15, -0.1) is 10.2 Å². The van der Waals surface area contributed by atoms with Gasteiger partial charge >= 0.3 is 12.4 Å². The molecule has 0 unspecified atom stereocenters. The Hall–Kier alpha value is -2.70. The molecule has 1 aliphatic heterocycles. The van der Waals surface area contributed by atoms with E-state index in [-0.39, 0.29) is 25.2 Å². The van der Waals surface area contributed by atoms with E-state index in [1.165, 1.54) is 13.8 Å². The third-order valence-corrected chi connectivity index (χ3v) is 8.38. The summed E-state index contributed by atoms with van der Waals surface area (Å²) in [4.78, 5) is 13.3. The van der Waals surface area contributed by atoms with Gasteiger partial charge in [0.15, 0.2) is 21.3 Å². The highest BCUT2D eigenvalue weighted by molar-refractivity contribution is 7.92. The SMILES string of the molecule is CC(C)([C@H]1CCN(c2ccc(C(F)(F)F)nn2)C(=O)C1)S(=O)(=O)c1cccc(C(F)(F)F)c1. The van der Waals surface area contributed by atoms with E-state index in [9.17, 15) is 39.6 Å². The van der Waals surface area contributed by atoms with E-state index >= 15 is 0 Å². The van der Waals surface area contributed by atoms with E-state index in [4.69, 9.17) is 0 Å². The Labute approximate surface area is 185 Å². The van der Waals surface area contributed by atoms with Gasteiger partial charge in [-0.05, 0) is 56.5 Å². The third-order valence-electron chi connectivity index (χ3n) is 5.79. The number of amides is 1. The van der Waals surface area contributed by atoms with Crippen molar-refractivity contribution in [2.45, 2.75) is 48.7 Å². The van der Waals surface area contributed by atoms with Crippen molar-refractivity contribution in [1.82, 2.24) is 10.2 Å². The lowest BCUT2D eigenvalue weighted by Crippen LogP contribution is -2.49. The van der Waals surface area contributed by atoms with Crippen LogP contribution in [0, 0.1) is 5.92 Å². The van der Waals surface area contributed by atoms with Crippen LogP contribution in [0.15, 0.2) is 41.3 Å². The minimum atomic E-state index is -4.72. The number of benzene rings is 1. The second-order valence-corrected chi connectivity index (χ2v) is 10.7. The Morgan fingerprint density at radius 3 is 2.15 bits per heavy atom. The summed E-state index contributed by atoms with van der Waals surface area (Å²) in [6.45, 7) is 2.65. The predicted octanol–water partition coefficient (Wildman–Crippen LogP) is 4.51. The van der Waals surface area contributed by atoms with Gasteiger partial charge in [-0.25, -0.2) is 8.42 Å². The molecule has 2 heterocycles. The molecule has 1 amide bonds. The molecule has 1 aliphatic rings. The number of carbonyl (C=O) groups excluding carboxylic acids is 1. The first-order valence-electron chi connectivity index (χ1n) is 9.68. The first kappa shape index (κ1) is 24.9. The summed E-state index contributed by atoms with van der Waals surface area (Å²) in [6.07, 6.45) is -9.56. The number of rotatable bonds is 4. The van der Waals surface area contributed by atoms with Gasteiger partial charge in [0.2, 0.25) is 5.91 Å². The van der Waals surface area contributed by atoms with E-state index in [2.05, 4.69) is 10.2 Å². The minimum Gasteiger partial charge on any atom is -0.295 e. The molecule has 0 saturated carbocycles. The van der Waals surface area contributed by atoms with Crippen LogP contribution in [0.2, 0.25) is 0 Å². The molecular weight excluding hydrogens is 476 g/mol. The first-order chi connectivity index (χ1) is 15.0. The summed E-state index contributed by atoms with van der Waals surface area (Å²) in [5.41, 5.74) is -2.33. The molecule has 0 aliphatic carbocycles. The molecule has 3 rings (SSSR count). The molecule has 1 saturated heterocycles. The van der Waals surface area contributed by atoms with E-state index < -0.39 is 54.9 Å². The van der Waals surface area contributed by atoms with Crippen molar-refractivity contribution in [3.63, 3.8) is 0 Å². The summed E-state index contributed by atoms with van der Waals surface area (Å²) in [5, 5.41) is 6.52. The highest BCUT2D eigenvalue weighted by atomic mass is 32.2. The van der Waals surface area contributed by atoms with Crippen LogP contribution < -0.4 is 4.90 Å².